The minimum atomic E-state index is -0.375. The van der Waals surface area contributed by atoms with Crippen LogP contribution in [0.2, 0.25) is 0 Å². The van der Waals surface area contributed by atoms with Gasteiger partial charge in [-0.25, -0.2) is 0 Å². The van der Waals surface area contributed by atoms with E-state index in [1.165, 1.54) is 17.5 Å². The fraction of sp³-hybridized carbons (Fsp3) is 0.588. The monoisotopic (exact) mass is 258 g/mol. The zero-order valence-corrected chi connectivity index (χ0v) is 12.0. The molecule has 1 aromatic carbocycles. The van der Waals surface area contributed by atoms with Gasteiger partial charge in [0.05, 0.1) is 5.92 Å². The number of esters is 1. The van der Waals surface area contributed by atoms with E-state index in [9.17, 15) is 4.79 Å². The lowest BCUT2D eigenvalue weighted by Crippen LogP contribution is -2.31. The van der Waals surface area contributed by atoms with Crippen LogP contribution >= 0.6 is 0 Å². The normalized spacial score (nSPS) is 28.9. The molecule has 2 aliphatic rings. The predicted octanol–water partition coefficient (Wildman–Crippen LogP) is 4.01. The Hall–Kier alpha value is -1.31. The highest BCUT2D eigenvalue weighted by molar-refractivity contribution is 5.73. The first-order valence-corrected chi connectivity index (χ1v) is 7.26. The first-order chi connectivity index (χ1) is 8.94. The van der Waals surface area contributed by atoms with E-state index in [0.717, 1.165) is 12.8 Å². The lowest BCUT2D eigenvalue weighted by Gasteiger charge is -2.29. The number of fused-ring (bicyclic) bond motifs is 5. The van der Waals surface area contributed by atoms with Crippen LogP contribution in [0.1, 0.15) is 63.0 Å². The summed E-state index contributed by atoms with van der Waals surface area (Å²) in [5, 5.41) is 0. The van der Waals surface area contributed by atoms with E-state index in [0.29, 0.717) is 11.8 Å². The number of carbonyl (C=O) groups excluding carboxylic acids is 1. The van der Waals surface area contributed by atoms with Gasteiger partial charge in [0.15, 0.2) is 0 Å². The summed E-state index contributed by atoms with van der Waals surface area (Å²) in [6.45, 7) is 5.82. The van der Waals surface area contributed by atoms with Gasteiger partial charge in [-0.3, -0.25) is 4.79 Å². The third kappa shape index (κ3) is 2.41. The summed E-state index contributed by atoms with van der Waals surface area (Å²) in [6.07, 6.45) is 3.14. The molecule has 0 aromatic heterocycles. The van der Waals surface area contributed by atoms with E-state index in [1.54, 1.807) is 0 Å². The van der Waals surface area contributed by atoms with Crippen molar-refractivity contribution in [3.8, 4) is 0 Å². The molecule has 2 unspecified atom stereocenters. The Morgan fingerprint density at radius 2 is 1.58 bits per heavy atom. The first kappa shape index (κ1) is 12.7. The van der Waals surface area contributed by atoms with E-state index in [2.05, 4.69) is 24.3 Å². The van der Waals surface area contributed by atoms with E-state index >= 15 is 0 Å². The summed E-state index contributed by atoms with van der Waals surface area (Å²) in [7, 11) is 0. The number of ether oxygens (including phenoxy) is 1. The van der Waals surface area contributed by atoms with Gasteiger partial charge in [-0.2, -0.15) is 0 Å². The molecule has 0 aliphatic heterocycles. The Morgan fingerprint density at radius 3 is 2.05 bits per heavy atom. The highest BCUT2D eigenvalue weighted by Crippen LogP contribution is 2.52. The molecular formula is C17H22O2. The molecule has 102 valence electrons. The molecule has 2 bridgehead atoms. The molecule has 2 aliphatic carbocycles. The average molecular weight is 258 g/mol. The van der Waals surface area contributed by atoms with Crippen molar-refractivity contribution >= 4 is 5.97 Å². The molecule has 19 heavy (non-hydrogen) atoms. The maximum atomic E-state index is 12.3. The minimum absolute atomic E-state index is 0.00462. The van der Waals surface area contributed by atoms with E-state index < -0.39 is 0 Å². The van der Waals surface area contributed by atoms with Crippen LogP contribution in [-0.4, -0.2) is 11.6 Å². The van der Waals surface area contributed by atoms with Gasteiger partial charge in [0.2, 0.25) is 0 Å². The van der Waals surface area contributed by atoms with Crippen molar-refractivity contribution in [3.63, 3.8) is 0 Å². The van der Waals surface area contributed by atoms with Crippen LogP contribution in [-0.2, 0) is 9.53 Å². The number of rotatable bonds is 1. The van der Waals surface area contributed by atoms with Gasteiger partial charge in [0.1, 0.15) is 5.60 Å². The quantitative estimate of drug-likeness (QED) is 0.711. The first-order valence-electron chi connectivity index (χ1n) is 7.26. The van der Waals surface area contributed by atoms with Crippen molar-refractivity contribution in [1.82, 2.24) is 0 Å². The summed E-state index contributed by atoms with van der Waals surface area (Å²) in [6, 6.07) is 8.69. The standard InChI is InChI=1S/C17H22O2/c1-17(2,3)19-16(18)13-9-11-8-12(10-13)15-7-5-4-6-14(11)15/h4-7,11-13H,8-10H2,1-3H3. The summed E-state index contributed by atoms with van der Waals surface area (Å²) >= 11 is 0. The molecule has 1 saturated carbocycles. The summed E-state index contributed by atoms with van der Waals surface area (Å²) < 4.78 is 5.56. The molecular weight excluding hydrogens is 236 g/mol. The molecule has 0 N–H and O–H groups in total. The summed E-state index contributed by atoms with van der Waals surface area (Å²) in [5.74, 6) is 1.20. The Bertz CT molecular complexity index is 467. The van der Waals surface area contributed by atoms with Crippen molar-refractivity contribution in [3.05, 3.63) is 35.4 Å². The smallest absolute Gasteiger partial charge is 0.309 e. The Kier molecular flexibility index (Phi) is 2.92. The van der Waals surface area contributed by atoms with Crippen LogP contribution in [0, 0.1) is 5.92 Å². The van der Waals surface area contributed by atoms with Gasteiger partial charge >= 0.3 is 5.97 Å². The van der Waals surface area contributed by atoms with E-state index in [4.69, 9.17) is 4.74 Å². The Labute approximate surface area is 115 Å². The molecule has 1 fully saturated rings. The second-order valence-corrected chi connectivity index (χ2v) is 6.96. The average Bonchev–Trinajstić information content (AvgIpc) is 2.60. The maximum Gasteiger partial charge on any atom is 0.309 e. The maximum absolute atomic E-state index is 12.3. The van der Waals surface area contributed by atoms with Crippen molar-refractivity contribution in [1.29, 1.82) is 0 Å². The molecule has 2 atom stereocenters. The lowest BCUT2D eigenvalue weighted by atomic mass is 9.79. The molecule has 2 nitrogen and oxygen atoms in total. The van der Waals surface area contributed by atoms with Crippen molar-refractivity contribution in [2.45, 2.75) is 57.5 Å². The third-order valence-electron chi connectivity index (χ3n) is 4.32. The molecule has 0 spiro atoms. The largest absolute Gasteiger partial charge is 0.460 e. The lowest BCUT2D eigenvalue weighted by molar-refractivity contribution is -0.161. The second-order valence-electron chi connectivity index (χ2n) is 6.96. The summed E-state index contributed by atoms with van der Waals surface area (Å²) in [4.78, 5) is 12.3. The zero-order valence-electron chi connectivity index (χ0n) is 12.0. The Morgan fingerprint density at radius 1 is 1.05 bits per heavy atom. The summed E-state index contributed by atoms with van der Waals surface area (Å²) in [5.41, 5.74) is 2.57. The number of carbonyl (C=O) groups is 1. The second kappa shape index (κ2) is 4.36. The topological polar surface area (TPSA) is 26.3 Å². The molecule has 3 rings (SSSR count). The van der Waals surface area contributed by atoms with Crippen LogP contribution in [0.5, 0.6) is 0 Å². The highest BCUT2D eigenvalue weighted by Gasteiger charge is 2.41. The van der Waals surface area contributed by atoms with Crippen LogP contribution in [0.25, 0.3) is 0 Å². The highest BCUT2D eigenvalue weighted by atomic mass is 16.6. The molecule has 0 radical (unpaired) electrons. The number of benzene rings is 1. The molecule has 1 aromatic rings. The van der Waals surface area contributed by atoms with Gasteiger partial charge in [0.25, 0.3) is 0 Å². The van der Waals surface area contributed by atoms with Gasteiger partial charge < -0.3 is 4.74 Å². The van der Waals surface area contributed by atoms with Crippen LogP contribution in [0.4, 0.5) is 0 Å². The van der Waals surface area contributed by atoms with Crippen LogP contribution in [0.15, 0.2) is 24.3 Å². The third-order valence-corrected chi connectivity index (χ3v) is 4.32. The van der Waals surface area contributed by atoms with Gasteiger partial charge in [-0.15, -0.1) is 0 Å². The molecule has 0 heterocycles. The molecule has 2 heteroatoms. The fourth-order valence-corrected chi connectivity index (χ4v) is 3.66. The zero-order chi connectivity index (χ0) is 13.6. The van der Waals surface area contributed by atoms with Crippen molar-refractivity contribution in [2.24, 2.45) is 5.92 Å². The van der Waals surface area contributed by atoms with Crippen LogP contribution < -0.4 is 0 Å². The Balaban J connectivity index is 1.77. The van der Waals surface area contributed by atoms with Crippen LogP contribution in [0.3, 0.4) is 0 Å². The van der Waals surface area contributed by atoms with E-state index in [-0.39, 0.29) is 17.5 Å². The predicted molar refractivity (Wildman–Crippen MR) is 75.1 cm³/mol. The number of hydrogen-bond donors (Lipinski definition) is 0. The van der Waals surface area contributed by atoms with E-state index in [1.807, 2.05) is 20.8 Å². The molecule has 0 amide bonds. The SMILES string of the molecule is CC(C)(C)OC(=O)C1CC2CC(C1)c1ccccc12. The number of hydrogen-bond acceptors (Lipinski definition) is 2. The van der Waals surface area contributed by atoms with Crippen molar-refractivity contribution in [2.75, 3.05) is 0 Å². The van der Waals surface area contributed by atoms with Gasteiger partial charge in [0, 0.05) is 0 Å². The van der Waals surface area contributed by atoms with Crippen molar-refractivity contribution < 1.29 is 9.53 Å². The van der Waals surface area contributed by atoms with Gasteiger partial charge in [-0.1, -0.05) is 24.3 Å². The minimum Gasteiger partial charge on any atom is -0.460 e. The van der Waals surface area contributed by atoms with Gasteiger partial charge in [-0.05, 0) is 63.0 Å². The molecule has 0 saturated heterocycles. The fourth-order valence-electron chi connectivity index (χ4n) is 3.66.